The highest BCUT2D eigenvalue weighted by molar-refractivity contribution is 7.93. The third-order valence-electron chi connectivity index (χ3n) is 4.15. The first-order valence-electron chi connectivity index (χ1n) is 8.96. The Labute approximate surface area is 173 Å². The summed E-state index contributed by atoms with van der Waals surface area (Å²) in [7, 11) is -4.29. The van der Waals surface area contributed by atoms with Gasteiger partial charge in [0, 0.05) is 17.7 Å². The number of carbonyl (C=O) groups excluding carboxylic acids is 1. The van der Waals surface area contributed by atoms with Gasteiger partial charge in [0.1, 0.15) is 5.75 Å². The van der Waals surface area contributed by atoms with Crippen LogP contribution < -0.4 is 9.04 Å². The van der Waals surface area contributed by atoms with Crippen molar-refractivity contribution in [3.63, 3.8) is 0 Å². The number of hydrogen-bond donors (Lipinski definition) is 0. The third-order valence-corrected chi connectivity index (χ3v) is 5.88. The molecule has 0 heterocycles. The molecule has 0 radical (unpaired) electrons. The first kappa shape index (κ1) is 21.0. The summed E-state index contributed by atoms with van der Waals surface area (Å²) < 4.78 is 32.6. The van der Waals surface area contributed by atoms with E-state index in [2.05, 4.69) is 0 Å². The molecule has 9 heteroatoms. The fourth-order valence-electron chi connectivity index (χ4n) is 2.78. The lowest BCUT2D eigenvalue weighted by Crippen LogP contribution is -2.37. The third kappa shape index (κ3) is 4.31. The van der Waals surface area contributed by atoms with Crippen LogP contribution in [0.4, 0.5) is 11.4 Å². The van der Waals surface area contributed by atoms with E-state index in [1.807, 2.05) is 6.92 Å². The molecule has 0 saturated heterocycles. The summed E-state index contributed by atoms with van der Waals surface area (Å²) in [5.74, 6) is -0.396. The predicted molar refractivity (Wildman–Crippen MR) is 111 cm³/mol. The molecule has 0 N–H and O–H groups in total. The lowest BCUT2D eigenvalue weighted by molar-refractivity contribution is -0.384. The standard InChI is InChI=1S/C21H18N2O6S/c1-2-29-19-13-11-17(12-14-19)22(30(27,28)20-9-4-3-5-10-20)21(24)16-7-6-8-18(15-16)23(25)26/h3-15H,2H2,1H3. The van der Waals surface area contributed by atoms with Crippen LogP contribution in [0.25, 0.3) is 0 Å². The molecule has 0 saturated carbocycles. The minimum Gasteiger partial charge on any atom is -0.494 e. The average Bonchev–Trinajstić information content (AvgIpc) is 2.76. The highest BCUT2D eigenvalue weighted by Crippen LogP contribution is 2.28. The summed E-state index contributed by atoms with van der Waals surface area (Å²) in [5.41, 5.74) is -0.360. The van der Waals surface area contributed by atoms with E-state index in [1.165, 1.54) is 42.5 Å². The van der Waals surface area contributed by atoms with Gasteiger partial charge in [-0.15, -0.1) is 0 Å². The first-order chi connectivity index (χ1) is 14.3. The Kier molecular flexibility index (Phi) is 6.12. The molecule has 154 valence electrons. The molecule has 0 aromatic heterocycles. The van der Waals surface area contributed by atoms with Gasteiger partial charge >= 0.3 is 0 Å². The Morgan fingerprint density at radius 2 is 1.67 bits per heavy atom. The molecule has 3 rings (SSSR count). The number of sulfonamides is 1. The van der Waals surface area contributed by atoms with E-state index in [-0.39, 0.29) is 21.8 Å². The summed E-state index contributed by atoms with van der Waals surface area (Å²) in [6.45, 7) is 2.24. The van der Waals surface area contributed by atoms with E-state index in [9.17, 15) is 23.3 Å². The van der Waals surface area contributed by atoms with Crippen molar-refractivity contribution in [2.45, 2.75) is 11.8 Å². The van der Waals surface area contributed by atoms with Gasteiger partial charge in [0.2, 0.25) is 0 Å². The number of amides is 1. The maximum Gasteiger partial charge on any atom is 0.272 e. The van der Waals surface area contributed by atoms with Crippen LogP contribution in [-0.4, -0.2) is 25.9 Å². The second-order valence-electron chi connectivity index (χ2n) is 6.12. The number of ether oxygens (including phenoxy) is 1. The number of benzene rings is 3. The van der Waals surface area contributed by atoms with Crippen LogP contribution in [0.3, 0.4) is 0 Å². The zero-order valence-electron chi connectivity index (χ0n) is 16.0. The second-order valence-corrected chi connectivity index (χ2v) is 7.91. The van der Waals surface area contributed by atoms with E-state index < -0.39 is 20.9 Å². The molecule has 0 spiro atoms. The summed E-state index contributed by atoms with van der Waals surface area (Å²) in [4.78, 5) is 23.6. The van der Waals surface area contributed by atoms with Crippen molar-refractivity contribution >= 4 is 27.3 Å². The molecular weight excluding hydrogens is 408 g/mol. The van der Waals surface area contributed by atoms with E-state index in [0.29, 0.717) is 16.7 Å². The molecule has 0 aliphatic carbocycles. The lowest BCUT2D eigenvalue weighted by atomic mass is 10.2. The Balaban J connectivity index is 2.13. The molecule has 0 unspecified atom stereocenters. The maximum absolute atomic E-state index is 13.3. The van der Waals surface area contributed by atoms with Crippen molar-refractivity contribution in [3.05, 3.63) is 94.5 Å². The number of rotatable bonds is 7. The second kappa shape index (κ2) is 8.75. The highest BCUT2D eigenvalue weighted by atomic mass is 32.2. The van der Waals surface area contributed by atoms with Gasteiger partial charge < -0.3 is 4.74 Å². The van der Waals surface area contributed by atoms with Crippen LogP contribution in [0.15, 0.2) is 83.8 Å². The van der Waals surface area contributed by atoms with Gasteiger partial charge in [0.05, 0.1) is 22.1 Å². The molecule has 0 atom stereocenters. The Morgan fingerprint density at radius 3 is 2.27 bits per heavy atom. The molecule has 1 amide bonds. The number of nitro benzene ring substituents is 1. The number of nitrogens with zero attached hydrogens (tertiary/aromatic N) is 2. The number of nitro groups is 1. The molecule has 0 fully saturated rings. The van der Waals surface area contributed by atoms with Crippen molar-refractivity contribution in [2.75, 3.05) is 10.9 Å². The van der Waals surface area contributed by atoms with Crippen molar-refractivity contribution < 1.29 is 22.9 Å². The molecule has 8 nitrogen and oxygen atoms in total. The first-order valence-corrected chi connectivity index (χ1v) is 10.4. The Hall–Kier alpha value is -3.72. The SMILES string of the molecule is CCOc1ccc(N(C(=O)c2cccc([N+](=O)[O-])c2)S(=O)(=O)c2ccccc2)cc1. The van der Waals surface area contributed by atoms with Gasteiger partial charge in [-0.2, -0.15) is 4.31 Å². The van der Waals surface area contributed by atoms with E-state index in [4.69, 9.17) is 4.74 Å². The maximum atomic E-state index is 13.3. The summed E-state index contributed by atoms with van der Waals surface area (Å²) in [6, 6.07) is 18.4. The highest BCUT2D eigenvalue weighted by Gasteiger charge is 2.32. The minimum atomic E-state index is -4.29. The Bertz CT molecular complexity index is 1160. The van der Waals surface area contributed by atoms with Gasteiger partial charge in [-0.25, -0.2) is 8.42 Å². The minimum absolute atomic E-state index is 0.0822. The molecule has 3 aromatic carbocycles. The van der Waals surface area contributed by atoms with Gasteiger partial charge in [-0.05, 0) is 49.4 Å². The molecule has 0 aliphatic heterocycles. The molecule has 0 bridgehead atoms. The fourth-order valence-corrected chi connectivity index (χ4v) is 4.21. The van der Waals surface area contributed by atoms with Crippen LogP contribution in [0.5, 0.6) is 5.75 Å². The van der Waals surface area contributed by atoms with Crippen LogP contribution in [0, 0.1) is 10.1 Å². The van der Waals surface area contributed by atoms with Crippen LogP contribution in [0.1, 0.15) is 17.3 Å². The Morgan fingerprint density at radius 1 is 1.00 bits per heavy atom. The molecular formula is C21H18N2O6S. The summed E-state index contributed by atoms with van der Waals surface area (Å²) in [5, 5.41) is 11.1. The molecule has 0 aliphatic rings. The van der Waals surface area contributed by atoms with E-state index >= 15 is 0 Å². The van der Waals surface area contributed by atoms with Crippen molar-refractivity contribution in [2.24, 2.45) is 0 Å². The normalized spacial score (nSPS) is 11.0. The van der Waals surface area contributed by atoms with Gasteiger partial charge in [-0.3, -0.25) is 14.9 Å². The van der Waals surface area contributed by atoms with Crippen molar-refractivity contribution in [1.29, 1.82) is 0 Å². The smallest absolute Gasteiger partial charge is 0.272 e. The summed E-state index contributed by atoms with van der Waals surface area (Å²) in [6.07, 6.45) is 0. The number of hydrogen-bond acceptors (Lipinski definition) is 6. The lowest BCUT2D eigenvalue weighted by Gasteiger charge is -2.23. The number of non-ortho nitro benzene ring substituents is 1. The molecule has 3 aromatic rings. The monoisotopic (exact) mass is 426 g/mol. The van der Waals surface area contributed by atoms with Crippen LogP contribution in [0.2, 0.25) is 0 Å². The van der Waals surface area contributed by atoms with Crippen LogP contribution in [-0.2, 0) is 10.0 Å². The number of carbonyl (C=O) groups is 1. The van der Waals surface area contributed by atoms with Crippen molar-refractivity contribution in [1.82, 2.24) is 0 Å². The molecule has 30 heavy (non-hydrogen) atoms. The predicted octanol–water partition coefficient (Wildman–Crippen LogP) is 4.03. The van der Waals surface area contributed by atoms with Crippen molar-refractivity contribution in [3.8, 4) is 5.75 Å². The average molecular weight is 426 g/mol. The quantitative estimate of drug-likeness (QED) is 0.417. The van der Waals surface area contributed by atoms with E-state index in [0.717, 1.165) is 6.07 Å². The van der Waals surface area contributed by atoms with E-state index in [1.54, 1.807) is 30.3 Å². The van der Waals surface area contributed by atoms with Crippen LogP contribution >= 0.6 is 0 Å². The van der Waals surface area contributed by atoms with Gasteiger partial charge in [0.15, 0.2) is 0 Å². The fraction of sp³-hybridized carbons (Fsp3) is 0.0952. The van der Waals surface area contributed by atoms with Gasteiger partial charge in [0.25, 0.3) is 21.6 Å². The topological polar surface area (TPSA) is 107 Å². The largest absolute Gasteiger partial charge is 0.494 e. The summed E-state index contributed by atoms with van der Waals surface area (Å²) >= 11 is 0. The zero-order valence-corrected chi connectivity index (χ0v) is 16.8. The van der Waals surface area contributed by atoms with Gasteiger partial charge in [-0.1, -0.05) is 24.3 Å². The zero-order chi connectivity index (χ0) is 21.7. The number of anilines is 1.